The normalized spacial score (nSPS) is 18.0. The molecule has 0 saturated carbocycles. The molecule has 1 amide bonds. The smallest absolute Gasteiger partial charge is 0.239 e. The fraction of sp³-hybridized carbons (Fsp3) is 0.429. The van der Waals surface area contributed by atoms with Crippen molar-refractivity contribution in [2.24, 2.45) is 0 Å². The number of carbonyl (C=O) groups excluding carboxylic acids is 1. The summed E-state index contributed by atoms with van der Waals surface area (Å²) in [6.07, 6.45) is 0.575. The Morgan fingerprint density at radius 2 is 1.95 bits per heavy atom. The van der Waals surface area contributed by atoms with E-state index in [1.165, 1.54) is 11.8 Å². The van der Waals surface area contributed by atoms with Crippen LogP contribution in [0.2, 0.25) is 0 Å². The molecule has 2 N–H and O–H groups in total. The average molecular weight is 294 g/mol. The molecule has 0 aromatic heterocycles. The van der Waals surface area contributed by atoms with E-state index in [1.807, 2.05) is 32.0 Å². The van der Waals surface area contributed by atoms with E-state index in [-0.39, 0.29) is 16.3 Å². The van der Waals surface area contributed by atoms with Gasteiger partial charge in [0.25, 0.3) is 0 Å². The monoisotopic (exact) mass is 294 g/mol. The largest absolute Gasteiger partial charge is 0.490 e. The Balaban J connectivity index is 2.14. The third-order valence-corrected chi connectivity index (χ3v) is 3.82. The number of hydrogen-bond donors (Lipinski definition) is 2. The van der Waals surface area contributed by atoms with Crippen molar-refractivity contribution in [2.75, 3.05) is 13.2 Å². The van der Waals surface area contributed by atoms with Crippen LogP contribution in [0.1, 0.15) is 19.4 Å². The number of benzene rings is 1. The summed E-state index contributed by atoms with van der Waals surface area (Å²) >= 11 is 1.25. The average Bonchev–Trinajstić information content (AvgIpc) is 2.71. The van der Waals surface area contributed by atoms with E-state index in [9.17, 15) is 4.79 Å². The highest BCUT2D eigenvalue weighted by atomic mass is 32.2. The summed E-state index contributed by atoms with van der Waals surface area (Å²) in [7, 11) is 0. The molecule has 1 atom stereocenters. The number of hydrogen-bond acceptors (Lipinski definition) is 5. The lowest BCUT2D eigenvalue weighted by Crippen LogP contribution is -2.25. The standard InChI is InChI=1S/C14H18N2O3S/c1-3-18-10-6-5-9(7-11(10)19-4-2)8-12-13(17)16-14(15)20-12/h5-7,12H,3-4,8H2,1-2H3,(H2,15,16,17). The van der Waals surface area contributed by atoms with Gasteiger partial charge in [0.2, 0.25) is 5.91 Å². The Kier molecular flexibility index (Phi) is 4.89. The SMILES string of the molecule is CCOc1ccc(CC2SC(=N)NC2=O)cc1OCC. The molecule has 5 nitrogen and oxygen atoms in total. The van der Waals surface area contributed by atoms with Crippen LogP contribution in [0.5, 0.6) is 11.5 Å². The van der Waals surface area contributed by atoms with Gasteiger partial charge in [0.05, 0.1) is 18.5 Å². The van der Waals surface area contributed by atoms with Crippen LogP contribution in [-0.4, -0.2) is 29.5 Å². The molecule has 0 aliphatic carbocycles. The molecule has 0 spiro atoms. The number of amidine groups is 1. The first-order chi connectivity index (χ1) is 9.63. The fourth-order valence-electron chi connectivity index (χ4n) is 1.99. The van der Waals surface area contributed by atoms with Crippen molar-refractivity contribution in [2.45, 2.75) is 25.5 Å². The molecule has 1 saturated heterocycles. The van der Waals surface area contributed by atoms with E-state index in [2.05, 4.69) is 5.32 Å². The number of nitrogens with one attached hydrogen (secondary N) is 2. The van der Waals surface area contributed by atoms with Gasteiger partial charge in [-0.3, -0.25) is 10.2 Å². The van der Waals surface area contributed by atoms with E-state index < -0.39 is 0 Å². The van der Waals surface area contributed by atoms with Crippen LogP contribution in [0.25, 0.3) is 0 Å². The predicted molar refractivity (Wildman–Crippen MR) is 79.7 cm³/mol. The zero-order chi connectivity index (χ0) is 14.5. The van der Waals surface area contributed by atoms with Gasteiger partial charge in [-0.2, -0.15) is 0 Å². The molecule has 108 valence electrons. The van der Waals surface area contributed by atoms with Gasteiger partial charge in [0, 0.05) is 0 Å². The Hall–Kier alpha value is -1.69. The summed E-state index contributed by atoms with van der Waals surface area (Å²) in [5.74, 6) is 1.31. The van der Waals surface area contributed by atoms with Crippen LogP contribution in [-0.2, 0) is 11.2 Å². The molecular weight excluding hydrogens is 276 g/mol. The van der Waals surface area contributed by atoms with Crippen LogP contribution in [0.15, 0.2) is 18.2 Å². The molecular formula is C14H18N2O3S. The molecule has 1 aliphatic heterocycles. The third-order valence-electron chi connectivity index (χ3n) is 2.82. The topological polar surface area (TPSA) is 71.4 Å². The second kappa shape index (κ2) is 6.65. The summed E-state index contributed by atoms with van der Waals surface area (Å²) in [5, 5.41) is 9.95. The van der Waals surface area contributed by atoms with Crippen molar-refractivity contribution in [1.82, 2.24) is 5.32 Å². The summed E-state index contributed by atoms with van der Waals surface area (Å²) in [6, 6.07) is 5.71. The molecule has 1 aliphatic rings. The quantitative estimate of drug-likeness (QED) is 0.843. The lowest BCUT2D eigenvalue weighted by Gasteiger charge is -2.13. The lowest BCUT2D eigenvalue weighted by atomic mass is 10.1. The summed E-state index contributed by atoms with van der Waals surface area (Å²) < 4.78 is 11.1. The summed E-state index contributed by atoms with van der Waals surface area (Å²) in [5.41, 5.74) is 0.999. The molecule has 0 bridgehead atoms. The lowest BCUT2D eigenvalue weighted by molar-refractivity contribution is -0.118. The number of carbonyl (C=O) groups is 1. The highest BCUT2D eigenvalue weighted by Gasteiger charge is 2.29. The number of ether oxygens (including phenoxy) is 2. The molecule has 1 aromatic rings. The zero-order valence-electron chi connectivity index (χ0n) is 11.6. The molecule has 1 fully saturated rings. The molecule has 1 heterocycles. The van der Waals surface area contributed by atoms with E-state index in [1.54, 1.807) is 0 Å². The minimum Gasteiger partial charge on any atom is -0.490 e. The summed E-state index contributed by atoms with van der Waals surface area (Å²) in [4.78, 5) is 11.6. The second-order valence-electron chi connectivity index (χ2n) is 4.28. The molecule has 6 heteroatoms. The van der Waals surface area contributed by atoms with Gasteiger partial charge in [0.15, 0.2) is 16.7 Å². The van der Waals surface area contributed by atoms with Crippen LogP contribution in [0.3, 0.4) is 0 Å². The first-order valence-electron chi connectivity index (χ1n) is 6.58. The maximum absolute atomic E-state index is 11.6. The fourth-order valence-corrected chi connectivity index (χ4v) is 2.87. The van der Waals surface area contributed by atoms with Crippen LogP contribution in [0, 0.1) is 5.41 Å². The minimum absolute atomic E-state index is 0.105. The first kappa shape index (κ1) is 14.7. The minimum atomic E-state index is -0.241. The van der Waals surface area contributed by atoms with Crippen molar-refractivity contribution in [3.05, 3.63) is 23.8 Å². The Morgan fingerprint density at radius 1 is 1.25 bits per heavy atom. The van der Waals surface area contributed by atoms with Crippen molar-refractivity contribution in [3.8, 4) is 11.5 Å². The Bertz CT molecular complexity index is 519. The highest BCUT2D eigenvalue weighted by Crippen LogP contribution is 2.30. The molecule has 0 radical (unpaired) electrons. The van der Waals surface area contributed by atoms with Crippen molar-refractivity contribution in [1.29, 1.82) is 5.41 Å². The van der Waals surface area contributed by atoms with Gasteiger partial charge in [-0.1, -0.05) is 17.8 Å². The molecule has 1 aromatic carbocycles. The first-order valence-corrected chi connectivity index (χ1v) is 7.46. The van der Waals surface area contributed by atoms with Gasteiger partial charge in [-0.15, -0.1) is 0 Å². The van der Waals surface area contributed by atoms with Gasteiger partial charge in [0.1, 0.15) is 0 Å². The van der Waals surface area contributed by atoms with Crippen molar-refractivity contribution < 1.29 is 14.3 Å². The van der Waals surface area contributed by atoms with Crippen LogP contribution < -0.4 is 14.8 Å². The van der Waals surface area contributed by atoms with Gasteiger partial charge < -0.3 is 14.8 Å². The zero-order valence-corrected chi connectivity index (χ0v) is 12.4. The van der Waals surface area contributed by atoms with Gasteiger partial charge >= 0.3 is 0 Å². The summed E-state index contributed by atoms with van der Waals surface area (Å²) in [6.45, 7) is 4.99. The molecule has 20 heavy (non-hydrogen) atoms. The van der Waals surface area contributed by atoms with E-state index in [0.717, 1.165) is 11.3 Å². The van der Waals surface area contributed by atoms with Crippen molar-refractivity contribution >= 4 is 22.8 Å². The van der Waals surface area contributed by atoms with Crippen LogP contribution >= 0.6 is 11.8 Å². The number of rotatable bonds is 6. The number of thioether (sulfide) groups is 1. The van der Waals surface area contributed by atoms with Gasteiger partial charge in [-0.05, 0) is 38.0 Å². The second-order valence-corrected chi connectivity index (χ2v) is 5.49. The van der Waals surface area contributed by atoms with E-state index >= 15 is 0 Å². The highest BCUT2D eigenvalue weighted by molar-refractivity contribution is 8.15. The van der Waals surface area contributed by atoms with Crippen molar-refractivity contribution in [3.63, 3.8) is 0 Å². The van der Waals surface area contributed by atoms with Gasteiger partial charge in [-0.25, -0.2) is 0 Å². The Morgan fingerprint density at radius 3 is 2.55 bits per heavy atom. The predicted octanol–water partition coefficient (Wildman–Crippen LogP) is 2.19. The van der Waals surface area contributed by atoms with E-state index in [0.29, 0.717) is 25.4 Å². The maximum Gasteiger partial charge on any atom is 0.239 e. The molecule has 2 rings (SSSR count). The molecule has 1 unspecified atom stereocenters. The maximum atomic E-state index is 11.6. The third kappa shape index (κ3) is 3.45. The van der Waals surface area contributed by atoms with E-state index in [4.69, 9.17) is 14.9 Å². The van der Waals surface area contributed by atoms with Crippen LogP contribution in [0.4, 0.5) is 0 Å². The Labute approximate surface area is 122 Å². The number of amides is 1.